The number of carbonyl (C=O) groups excluding carboxylic acids is 2. The maximum atomic E-state index is 12.7. The van der Waals surface area contributed by atoms with Crippen molar-refractivity contribution >= 4 is 17.5 Å². The van der Waals surface area contributed by atoms with Gasteiger partial charge in [0.1, 0.15) is 0 Å². The topological polar surface area (TPSA) is 70.8 Å². The highest BCUT2D eigenvalue weighted by Gasteiger charge is 2.29. The molecule has 2 saturated heterocycles. The Kier molecular flexibility index (Phi) is 6.30. The Morgan fingerprint density at radius 1 is 1.10 bits per heavy atom. The van der Waals surface area contributed by atoms with Gasteiger partial charge in [-0.25, -0.2) is 9.50 Å². The molecule has 0 unspecified atom stereocenters. The average molecular weight is 426 g/mol. The molecule has 0 aromatic carbocycles. The van der Waals surface area contributed by atoms with E-state index in [9.17, 15) is 9.59 Å². The molecule has 0 aliphatic carbocycles. The highest BCUT2D eigenvalue weighted by atomic mass is 16.2. The van der Waals surface area contributed by atoms with Crippen LogP contribution in [0.2, 0.25) is 0 Å². The first kappa shape index (κ1) is 21.8. The van der Waals surface area contributed by atoms with E-state index in [0.29, 0.717) is 25.2 Å². The summed E-state index contributed by atoms with van der Waals surface area (Å²) in [6.45, 7) is 11.6. The second-order valence-electron chi connectivity index (χ2n) is 9.37. The normalized spacial score (nSPS) is 21.8. The van der Waals surface area contributed by atoms with Crippen LogP contribution in [0.25, 0.3) is 5.65 Å². The van der Waals surface area contributed by atoms with Crippen LogP contribution in [0.5, 0.6) is 0 Å². The minimum Gasteiger partial charge on any atom is -0.342 e. The average Bonchev–Trinajstić information content (AvgIpc) is 3.40. The number of nitrogens with zero attached hydrogens (tertiary/aromatic N) is 5. The predicted octanol–water partition coefficient (Wildman–Crippen LogP) is 3.26. The van der Waals surface area contributed by atoms with Crippen molar-refractivity contribution in [3.05, 3.63) is 28.7 Å². The molecular formula is C24H35N5O2. The number of rotatable bonds is 5. The van der Waals surface area contributed by atoms with E-state index in [4.69, 9.17) is 10.1 Å². The SMILES string of the molecule is CCC(=O)N1CC[C@@H](c2cc3nc(C)c(CCC(=O)N4CCC[C@H](C)C4)c(C)n3n2)C1. The smallest absolute Gasteiger partial charge is 0.222 e. The van der Waals surface area contributed by atoms with E-state index in [2.05, 4.69) is 19.9 Å². The summed E-state index contributed by atoms with van der Waals surface area (Å²) in [5.41, 5.74) is 5.02. The lowest BCUT2D eigenvalue weighted by Crippen LogP contribution is -2.39. The number of piperidine rings is 1. The van der Waals surface area contributed by atoms with Crippen molar-refractivity contribution < 1.29 is 9.59 Å². The number of amides is 2. The summed E-state index contributed by atoms with van der Waals surface area (Å²) in [7, 11) is 0. The molecule has 7 heteroatoms. The number of aromatic nitrogens is 3. The number of carbonyl (C=O) groups is 2. The first-order valence-electron chi connectivity index (χ1n) is 11.8. The Bertz CT molecular complexity index is 982. The fourth-order valence-corrected chi connectivity index (χ4v) is 5.16. The second-order valence-corrected chi connectivity index (χ2v) is 9.37. The van der Waals surface area contributed by atoms with E-state index in [1.165, 1.54) is 6.42 Å². The third kappa shape index (κ3) is 4.46. The van der Waals surface area contributed by atoms with Gasteiger partial charge >= 0.3 is 0 Å². The molecule has 0 bridgehead atoms. The Hall–Kier alpha value is -2.44. The highest BCUT2D eigenvalue weighted by Crippen LogP contribution is 2.28. The zero-order valence-corrected chi connectivity index (χ0v) is 19.4. The van der Waals surface area contributed by atoms with Crippen LogP contribution in [0.3, 0.4) is 0 Å². The van der Waals surface area contributed by atoms with E-state index >= 15 is 0 Å². The number of aryl methyl sites for hydroxylation is 2. The molecule has 2 fully saturated rings. The minimum atomic E-state index is 0.214. The molecule has 2 aliphatic heterocycles. The van der Waals surface area contributed by atoms with Crippen LogP contribution in [-0.2, 0) is 16.0 Å². The van der Waals surface area contributed by atoms with Gasteiger partial charge in [-0.3, -0.25) is 9.59 Å². The van der Waals surface area contributed by atoms with Crippen LogP contribution < -0.4 is 0 Å². The summed E-state index contributed by atoms with van der Waals surface area (Å²) in [6, 6.07) is 2.06. The van der Waals surface area contributed by atoms with Crippen molar-refractivity contribution in [2.75, 3.05) is 26.2 Å². The third-order valence-corrected chi connectivity index (χ3v) is 7.04. The Morgan fingerprint density at radius 2 is 1.87 bits per heavy atom. The third-order valence-electron chi connectivity index (χ3n) is 7.04. The lowest BCUT2D eigenvalue weighted by molar-refractivity contribution is -0.133. The van der Waals surface area contributed by atoms with Crippen molar-refractivity contribution in [1.29, 1.82) is 0 Å². The molecule has 2 aromatic rings. The van der Waals surface area contributed by atoms with Crippen molar-refractivity contribution in [2.45, 2.75) is 72.1 Å². The first-order chi connectivity index (χ1) is 14.9. The predicted molar refractivity (Wildman–Crippen MR) is 120 cm³/mol. The van der Waals surface area contributed by atoms with Crippen LogP contribution in [0, 0.1) is 19.8 Å². The summed E-state index contributed by atoms with van der Waals surface area (Å²) < 4.78 is 1.93. The molecule has 4 heterocycles. The number of fused-ring (bicyclic) bond motifs is 1. The fraction of sp³-hybridized carbons (Fsp3) is 0.667. The van der Waals surface area contributed by atoms with Gasteiger partial charge in [-0.1, -0.05) is 13.8 Å². The molecule has 2 amide bonds. The number of likely N-dealkylation sites (tertiary alicyclic amines) is 2. The molecule has 31 heavy (non-hydrogen) atoms. The van der Waals surface area contributed by atoms with Gasteiger partial charge in [0.15, 0.2) is 5.65 Å². The minimum absolute atomic E-state index is 0.214. The maximum Gasteiger partial charge on any atom is 0.222 e. The Labute approximate surface area is 184 Å². The van der Waals surface area contributed by atoms with Gasteiger partial charge in [-0.15, -0.1) is 0 Å². The summed E-state index contributed by atoms with van der Waals surface area (Å²) in [5.74, 6) is 1.33. The summed E-state index contributed by atoms with van der Waals surface area (Å²) in [4.78, 5) is 33.5. The van der Waals surface area contributed by atoms with E-state index in [-0.39, 0.29) is 17.7 Å². The van der Waals surface area contributed by atoms with E-state index < -0.39 is 0 Å². The van der Waals surface area contributed by atoms with E-state index in [1.807, 2.05) is 28.2 Å². The van der Waals surface area contributed by atoms with Gasteiger partial charge in [0.05, 0.1) is 5.69 Å². The van der Waals surface area contributed by atoms with Crippen molar-refractivity contribution in [3.63, 3.8) is 0 Å². The van der Waals surface area contributed by atoms with Gasteiger partial charge in [-0.2, -0.15) is 5.10 Å². The van der Waals surface area contributed by atoms with Crippen LogP contribution >= 0.6 is 0 Å². The van der Waals surface area contributed by atoms with Crippen molar-refractivity contribution in [1.82, 2.24) is 24.4 Å². The molecule has 0 saturated carbocycles. The van der Waals surface area contributed by atoms with Crippen LogP contribution in [0.15, 0.2) is 6.07 Å². The quantitative estimate of drug-likeness (QED) is 0.737. The summed E-state index contributed by atoms with van der Waals surface area (Å²) >= 11 is 0. The lowest BCUT2D eigenvalue weighted by Gasteiger charge is -2.31. The molecule has 2 atom stereocenters. The standard InChI is InChI=1S/C24H35N5O2/c1-5-23(30)28-12-10-19(15-28)21-13-22-25-17(3)20(18(4)29(22)26-21)8-9-24(31)27-11-6-7-16(2)14-27/h13,16,19H,5-12,14-15H2,1-4H3/t16-,19+/m0/s1. The van der Waals surface area contributed by atoms with Crippen LogP contribution in [0.4, 0.5) is 0 Å². The van der Waals surface area contributed by atoms with Gasteiger partial charge in [-0.05, 0) is 51.0 Å². The second kappa shape index (κ2) is 8.97. The van der Waals surface area contributed by atoms with E-state index in [1.54, 1.807) is 0 Å². The van der Waals surface area contributed by atoms with Gasteiger partial charge in [0.2, 0.25) is 11.8 Å². The molecule has 0 N–H and O–H groups in total. The summed E-state index contributed by atoms with van der Waals surface area (Å²) in [6.07, 6.45) is 5.04. The molecule has 0 radical (unpaired) electrons. The molecular weight excluding hydrogens is 390 g/mol. The Morgan fingerprint density at radius 3 is 2.61 bits per heavy atom. The van der Waals surface area contributed by atoms with Crippen LogP contribution in [0.1, 0.15) is 74.5 Å². The van der Waals surface area contributed by atoms with Crippen molar-refractivity contribution in [3.8, 4) is 0 Å². The number of hydrogen-bond donors (Lipinski definition) is 0. The molecule has 7 nitrogen and oxygen atoms in total. The van der Waals surface area contributed by atoms with Gasteiger partial charge < -0.3 is 9.80 Å². The molecule has 2 aromatic heterocycles. The summed E-state index contributed by atoms with van der Waals surface area (Å²) in [5, 5.41) is 4.86. The van der Waals surface area contributed by atoms with Crippen molar-refractivity contribution in [2.24, 2.45) is 5.92 Å². The van der Waals surface area contributed by atoms with Crippen LogP contribution in [-0.4, -0.2) is 62.4 Å². The first-order valence-corrected chi connectivity index (χ1v) is 11.8. The molecule has 2 aliphatic rings. The molecule has 4 rings (SSSR count). The number of hydrogen-bond acceptors (Lipinski definition) is 4. The van der Waals surface area contributed by atoms with Gasteiger partial charge in [0, 0.05) is 62.4 Å². The lowest BCUT2D eigenvalue weighted by atomic mass is 9.99. The largest absolute Gasteiger partial charge is 0.342 e. The zero-order chi connectivity index (χ0) is 22.1. The van der Waals surface area contributed by atoms with E-state index in [0.717, 1.165) is 67.3 Å². The monoisotopic (exact) mass is 425 g/mol. The van der Waals surface area contributed by atoms with Gasteiger partial charge in [0.25, 0.3) is 0 Å². The molecule has 168 valence electrons. The Balaban J connectivity index is 1.49. The zero-order valence-electron chi connectivity index (χ0n) is 19.4. The maximum absolute atomic E-state index is 12.7. The fourth-order valence-electron chi connectivity index (χ4n) is 5.16. The highest BCUT2D eigenvalue weighted by molar-refractivity contribution is 5.77. The molecule has 0 spiro atoms.